The zero-order valence-electron chi connectivity index (χ0n) is 10.3. The summed E-state index contributed by atoms with van der Waals surface area (Å²) in [6.45, 7) is 7.18. The van der Waals surface area contributed by atoms with Gasteiger partial charge >= 0.3 is 5.97 Å². The van der Waals surface area contributed by atoms with Crippen LogP contribution in [0.25, 0.3) is 0 Å². The summed E-state index contributed by atoms with van der Waals surface area (Å²) in [4.78, 5) is 15.7. The predicted molar refractivity (Wildman–Crippen MR) is 61.2 cm³/mol. The third-order valence-corrected chi connectivity index (χ3v) is 2.66. The number of carbonyl (C=O) groups excluding carboxylic acids is 1. The van der Waals surface area contributed by atoms with Crippen molar-refractivity contribution in [1.29, 1.82) is 0 Å². The average Bonchev–Trinajstić information content (AvgIpc) is 2.59. The maximum absolute atomic E-state index is 11.5. The fraction of sp³-hybridized carbons (Fsp3) is 0.636. The number of likely N-dealkylation sites (N-methyl/N-ethyl adjacent to an activating group) is 1. The van der Waals surface area contributed by atoms with E-state index in [-0.39, 0.29) is 12.0 Å². The second-order valence-corrected chi connectivity index (χ2v) is 3.70. The van der Waals surface area contributed by atoms with E-state index in [2.05, 4.69) is 10.3 Å². The Hall–Kier alpha value is -1.36. The Morgan fingerprint density at radius 3 is 2.75 bits per heavy atom. The number of esters is 1. The Morgan fingerprint density at radius 2 is 2.31 bits per heavy atom. The van der Waals surface area contributed by atoms with Crippen LogP contribution in [-0.2, 0) is 16.1 Å². The van der Waals surface area contributed by atoms with E-state index in [1.807, 2.05) is 25.3 Å². The van der Waals surface area contributed by atoms with Gasteiger partial charge in [0.05, 0.1) is 19.1 Å². The summed E-state index contributed by atoms with van der Waals surface area (Å²) in [7, 11) is 1.40. The molecule has 0 amide bonds. The van der Waals surface area contributed by atoms with Crippen molar-refractivity contribution in [3.05, 3.63) is 17.7 Å². The first kappa shape index (κ1) is 12.7. The minimum absolute atomic E-state index is 0.243. The van der Waals surface area contributed by atoms with Crippen LogP contribution < -0.4 is 5.32 Å². The second-order valence-electron chi connectivity index (χ2n) is 3.70. The number of aromatic nitrogens is 2. The summed E-state index contributed by atoms with van der Waals surface area (Å²) in [5.74, 6) is -0.243. The number of aryl methyl sites for hydroxylation is 1. The van der Waals surface area contributed by atoms with Crippen LogP contribution in [0.3, 0.4) is 0 Å². The second kappa shape index (κ2) is 5.65. The Labute approximate surface area is 95.8 Å². The maximum Gasteiger partial charge on any atom is 0.324 e. The molecule has 16 heavy (non-hydrogen) atoms. The minimum Gasteiger partial charge on any atom is -0.468 e. The van der Waals surface area contributed by atoms with E-state index in [1.165, 1.54) is 7.11 Å². The number of methoxy groups -OCH3 is 1. The third kappa shape index (κ3) is 2.82. The van der Waals surface area contributed by atoms with E-state index >= 15 is 0 Å². The van der Waals surface area contributed by atoms with Crippen molar-refractivity contribution in [3.63, 3.8) is 0 Å². The van der Waals surface area contributed by atoms with Crippen molar-refractivity contribution in [1.82, 2.24) is 14.9 Å². The highest BCUT2D eigenvalue weighted by atomic mass is 16.5. The summed E-state index contributed by atoms with van der Waals surface area (Å²) in [6.07, 6.45) is 1.75. The summed E-state index contributed by atoms with van der Waals surface area (Å²) in [5, 5.41) is 3.10. The Morgan fingerprint density at radius 1 is 1.62 bits per heavy atom. The van der Waals surface area contributed by atoms with Gasteiger partial charge in [0.2, 0.25) is 0 Å². The minimum atomic E-state index is -0.317. The van der Waals surface area contributed by atoms with Gasteiger partial charge in [-0.15, -0.1) is 0 Å². The molecule has 5 heteroatoms. The van der Waals surface area contributed by atoms with E-state index in [4.69, 9.17) is 4.74 Å². The van der Waals surface area contributed by atoms with Gasteiger partial charge in [0, 0.05) is 12.2 Å². The highest BCUT2D eigenvalue weighted by molar-refractivity contribution is 5.75. The molecule has 1 unspecified atom stereocenters. The van der Waals surface area contributed by atoms with Gasteiger partial charge in [-0.3, -0.25) is 4.79 Å². The topological polar surface area (TPSA) is 56.2 Å². The number of imidazole rings is 1. The standard InChI is InChI=1S/C11H19N3O2/c1-5-12-10(11(15)16-4)6-14-7-13-8(2)9(14)3/h7,10,12H,5-6H2,1-4H3. The molecular weight excluding hydrogens is 206 g/mol. The van der Waals surface area contributed by atoms with E-state index < -0.39 is 0 Å². The van der Waals surface area contributed by atoms with Crippen LogP contribution in [0, 0.1) is 13.8 Å². The number of nitrogens with zero attached hydrogens (tertiary/aromatic N) is 2. The molecule has 90 valence electrons. The smallest absolute Gasteiger partial charge is 0.324 e. The molecule has 0 spiro atoms. The molecule has 1 aromatic heterocycles. The zero-order chi connectivity index (χ0) is 12.1. The van der Waals surface area contributed by atoms with Gasteiger partial charge in [-0.05, 0) is 20.4 Å². The Bertz CT molecular complexity index is 360. The quantitative estimate of drug-likeness (QED) is 0.748. The van der Waals surface area contributed by atoms with Crippen molar-refractivity contribution in [3.8, 4) is 0 Å². The van der Waals surface area contributed by atoms with Gasteiger partial charge in [-0.1, -0.05) is 6.92 Å². The van der Waals surface area contributed by atoms with Gasteiger partial charge in [-0.2, -0.15) is 0 Å². The molecule has 1 N–H and O–H groups in total. The van der Waals surface area contributed by atoms with E-state index in [0.29, 0.717) is 6.54 Å². The lowest BCUT2D eigenvalue weighted by Crippen LogP contribution is -2.41. The molecule has 0 fully saturated rings. The van der Waals surface area contributed by atoms with Crippen LogP contribution in [-0.4, -0.2) is 35.2 Å². The first-order valence-corrected chi connectivity index (χ1v) is 5.39. The summed E-state index contributed by atoms with van der Waals surface area (Å²) < 4.78 is 6.71. The summed E-state index contributed by atoms with van der Waals surface area (Å²) in [6, 6.07) is -0.317. The maximum atomic E-state index is 11.5. The van der Waals surface area contributed by atoms with Crippen LogP contribution in [0.2, 0.25) is 0 Å². The number of nitrogens with one attached hydrogen (secondary N) is 1. The molecular formula is C11H19N3O2. The average molecular weight is 225 g/mol. The lowest BCUT2D eigenvalue weighted by molar-refractivity contribution is -0.143. The van der Waals surface area contributed by atoms with Gasteiger partial charge in [0.1, 0.15) is 6.04 Å². The number of carbonyl (C=O) groups is 1. The van der Waals surface area contributed by atoms with Crippen molar-refractivity contribution in [2.24, 2.45) is 0 Å². The van der Waals surface area contributed by atoms with Gasteiger partial charge in [0.25, 0.3) is 0 Å². The first-order chi connectivity index (χ1) is 7.60. The van der Waals surface area contributed by atoms with E-state index in [9.17, 15) is 4.79 Å². The monoisotopic (exact) mass is 225 g/mol. The molecule has 0 radical (unpaired) electrons. The van der Waals surface area contributed by atoms with Gasteiger partial charge < -0.3 is 14.6 Å². The molecule has 0 aliphatic carbocycles. The van der Waals surface area contributed by atoms with Gasteiger partial charge in [0.15, 0.2) is 0 Å². The number of hydrogen-bond acceptors (Lipinski definition) is 4. The Kier molecular flexibility index (Phi) is 4.49. The molecule has 0 saturated carbocycles. The highest BCUT2D eigenvalue weighted by Gasteiger charge is 2.19. The molecule has 0 aliphatic heterocycles. The molecule has 1 atom stereocenters. The summed E-state index contributed by atoms with van der Waals surface area (Å²) >= 11 is 0. The zero-order valence-corrected chi connectivity index (χ0v) is 10.3. The lowest BCUT2D eigenvalue weighted by atomic mass is 10.2. The highest BCUT2D eigenvalue weighted by Crippen LogP contribution is 2.05. The van der Waals surface area contributed by atoms with Crippen molar-refractivity contribution in [2.75, 3.05) is 13.7 Å². The normalized spacial score (nSPS) is 12.5. The van der Waals surface area contributed by atoms with Crippen molar-refractivity contribution < 1.29 is 9.53 Å². The Balaban J connectivity index is 2.75. The molecule has 1 heterocycles. The van der Waals surface area contributed by atoms with Crippen LogP contribution in [0.4, 0.5) is 0 Å². The number of ether oxygens (including phenoxy) is 1. The molecule has 5 nitrogen and oxygen atoms in total. The van der Waals surface area contributed by atoms with Crippen LogP contribution >= 0.6 is 0 Å². The fourth-order valence-corrected chi connectivity index (χ4v) is 1.54. The predicted octanol–water partition coefficient (Wildman–Crippen LogP) is 0.651. The molecule has 0 bridgehead atoms. The number of rotatable bonds is 5. The largest absolute Gasteiger partial charge is 0.468 e. The van der Waals surface area contributed by atoms with E-state index in [0.717, 1.165) is 17.9 Å². The van der Waals surface area contributed by atoms with Crippen molar-refractivity contribution >= 4 is 5.97 Å². The molecule has 1 aromatic rings. The number of hydrogen-bond donors (Lipinski definition) is 1. The molecule has 1 rings (SSSR count). The van der Waals surface area contributed by atoms with Crippen LogP contribution in [0.15, 0.2) is 6.33 Å². The SMILES string of the molecule is CCNC(Cn1cnc(C)c1C)C(=O)OC. The first-order valence-electron chi connectivity index (χ1n) is 5.39. The van der Waals surface area contributed by atoms with Crippen LogP contribution in [0.5, 0.6) is 0 Å². The third-order valence-electron chi connectivity index (χ3n) is 2.66. The molecule has 0 aliphatic rings. The fourth-order valence-electron chi connectivity index (χ4n) is 1.54. The lowest BCUT2D eigenvalue weighted by Gasteiger charge is -2.16. The summed E-state index contributed by atoms with van der Waals surface area (Å²) in [5.41, 5.74) is 2.06. The van der Waals surface area contributed by atoms with E-state index in [1.54, 1.807) is 6.33 Å². The van der Waals surface area contributed by atoms with Crippen molar-refractivity contribution in [2.45, 2.75) is 33.4 Å². The van der Waals surface area contributed by atoms with Crippen LogP contribution in [0.1, 0.15) is 18.3 Å². The molecule has 0 saturated heterocycles. The molecule has 0 aromatic carbocycles. The van der Waals surface area contributed by atoms with Gasteiger partial charge in [-0.25, -0.2) is 4.98 Å².